The lowest BCUT2D eigenvalue weighted by Gasteiger charge is -2.06. The van der Waals surface area contributed by atoms with Gasteiger partial charge in [0.05, 0.1) is 5.56 Å². The molecule has 4 nitrogen and oxygen atoms in total. The molecule has 0 aliphatic carbocycles. The molecule has 1 N–H and O–H groups in total. The molecule has 0 saturated carbocycles. The molecule has 0 fully saturated rings. The number of carboxylic acids is 1. The van der Waals surface area contributed by atoms with Crippen molar-refractivity contribution in [3.8, 4) is 0 Å². The third-order valence-corrected chi connectivity index (χ3v) is 1.69. The maximum absolute atomic E-state index is 11.2. The van der Waals surface area contributed by atoms with Gasteiger partial charge in [0.2, 0.25) is 0 Å². The van der Waals surface area contributed by atoms with Crippen LogP contribution in [-0.4, -0.2) is 22.6 Å². The Labute approximate surface area is 85.1 Å². The Balaban J connectivity index is 2.64. The van der Waals surface area contributed by atoms with Crippen LogP contribution >= 0.6 is 11.6 Å². The van der Waals surface area contributed by atoms with Gasteiger partial charge >= 0.3 is 11.9 Å². The van der Waals surface area contributed by atoms with Crippen molar-refractivity contribution < 1.29 is 19.4 Å². The molecule has 74 valence electrons. The summed E-state index contributed by atoms with van der Waals surface area (Å²) < 4.78 is 4.42. The minimum absolute atomic E-state index is 0.263. The van der Waals surface area contributed by atoms with Gasteiger partial charge in [0.1, 0.15) is 0 Å². The summed E-state index contributed by atoms with van der Waals surface area (Å²) in [6, 6.07) is 8.02. The van der Waals surface area contributed by atoms with Gasteiger partial charge in [-0.3, -0.25) is 0 Å². The second kappa shape index (κ2) is 4.62. The highest BCUT2D eigenvalue weighted by atomic mass is 35.5. The monoisotopic (exact) mass is 214 g/mol. The van der Waals surface area contributed by atoms with Crippen LogP contribution in [0.3, 0.4) is 0 Å². The molecule has 5 heteroatoms. The van der Waals surface area contributed by atoms with Crippen LogP contribution in [0.15, 0.2) is 30.3 Å². The molecule has 0 bridgehead atoms. The number of carbonyl (C=O) groups excluding carboxylic acids is 1. The van der Waals surface area contributed by atoms with Crippen molar-refractivity contribution in [3.63, 3.8) is 0 Å². The number of esters is 1. The molecule has 1 unspecified atom stereocenters. The molecule has 14 heavy (non-hydrogen) atoms. The first-order chi connectivity index (χ1) is 6.61. The van der Waals surface area contributed by atoms with Crippen LogP contribution in [0.25, 0.3) is 0 Å². The van der Waals surface area contributed by atoms with Gasteiger partial charge in [0, 0.05) is 0 Å². The van der Waals surface area contributed by atoms with Crippen LogP contribution in [0, 0.1) is 0 Å². The van der Waals surface area contributed by atoms with Crippen molar-refractivity contribution in [2.45, 2.75) is 5.56 Å². The van der Waals surface area contributed by atoms with Crippen LogP contribution in [0.4, 0.5) is 0 Å². The molecular weight excluding hydrogens is 208 g/mol. The van der Waals surface area contributed by atoms with Crippen molar-refractivity contribution in [1.82, 2.24) is 0 Å². The smallest absolute Gasteiger partial charge is 0.361 e. The summed E-state index contributed by atoms with van der Waals surface area (Å²) in [5.41, 5.74) is -1.39. The highest BCUT2D eigenvalue weighted by Gasteiger charge is 2.19. The fraction of sp³-hybridized carbons (Fsp3) is 0.111. The molecule has 1 atom stereocenters. The van der Waals surface area contributed by atoms with E-state index in [1.807, 2.05) is 0 Å². The number of benzene rings is 1. The predicted molar refractivity (Wildman–Crippen MR) is 49.1 cm³/mol. The van der Waals surface area contributed by atoms with Crippen LogP contribution in [0.2, 0.25) is 0 Å². The van der Waals surface area contributed by atoms with Gasteiger partial charge in [0.25, 0.3) is 5.56 Å². The molecule has 0 saturated heterocycles. The highest BCUT2D eigenvalue weighted by molar-refractivity contribution is 6.29. The molecule has 0 spiro atoms. The van der Waals surface area contributed by atoms with E-state index in [9.17, 15) is 9.59 Å². The van der Waals surface area contributed by atoms with Crippen molar-refractivity contribution in [3.05, 3.63) is 35.9 Å². The Morgan fingerprint density at radius 1 is 1.29 bits per heavy atom. The van der Waals surface area contributed by atoms with E-state index in [2.05, 4.69) is 4.74 Å². The molecule has 0 aromatic heterocycles. The van der Waals surface area contributed by atoms with Crippen molar-refractivity contribution in [2.75, 3.05) is 0 Å². The molecule has 1 aromatic carbocycles. The van der Waals surface area contributed by atoms with Gasteiger partial charge in [0.15, 0.2) is 0 Å². The fourth-order valence-electron chi connectivity index (χ4n) is 0.787. The Morgan fingerprint density at radius 2 is 1.86 bits per heavy atom. The summed E-state index contributed by atoms with van der Waals surface area (Å²) in [6.45, 7) is 0. The van der Waals surface area contributed by atoms with Crippen LogP contribution in [0.5, 0.6) is 0 Å². The maximum atomic E-state index is 11.2. The van der Waals surface area contributed by atoms with Crippen molar-refractivity contribution >= 4 is 23.5 Å². The van der Waals surface area contributed by atoms with Crippen molar-refractivity contribution in [1.29, 1.82) is 0 Å². The Morgan fingerprint density at radius 3 is 2.36 bits per heavy atom. The van der Waals surface area contributed by atoms with E-state index in [4.69, 9.17) is 16.7 Å². The predicted octanol–water partition coefficient (Wildman–Crippen LogP) is 1.49. The lowest BCUT2D eigenvalue weighted by molar-refractivity contribution is -0.142. The average Bonchev–Trinajstić information content (AvgIpc) is 2.19. The number of aliphatic carboxylic acids is 1. The number of carboxylic acid groups (broad SMARTS) is 1. The first kappa shape index (κ1) is 10.5. The summed E-state index contributed by atoms with van der Waals surface area (Å²) in [7, 11) is 0. The summed E-state index contributed by atoms with van der Waals surface area (Å²) in [4.78, 5) is 21.4. The SMILES string of the molecule is O=C(OC(Cl)C(=O)O)c1ccccc1. The number of alkyl halides is 1. The first-order valence-electron chi connectivity index (χ1n) is 3.74. The second-order valence-corrected chi connectivity index (χ2v) is 2.82. The van der Waals surface area contributed by atoms with Crippen LogP contribution in [-0.2, 0) is 9.53 Å². The van der Waals surface area contributed by atoms with Crippen LogP contribution < -0.4 is 0 Å². The largest absolute Gasteiger partial charge is 0.478 e. The molecule has 1 aromatic rings. The fourth-order valence-corrected chi connectivity index (χ4v) is 0.868. The van der Waals surface area contributed by atoms with Gasteiger partial charge in [-0.15, -0.1) is 0 Å². The standard InChI is InChI=1S/C9H7ClO4/c10-7(8(11)12)14-9(13)6-4-2-1-3-5-6/h1-5,7H,(H,11,12). The molecule has 0 aliphatic heterocycles. The number of rotatable bonds is 3. The van der Waals surface area contributed by atoms with E-state index >= 15 is 0 Å². The van der Waals surface area contributed by atoms with Gasteiger partial charge in [-0.25, -0.2) is 9.59 Å². The molecule has 0 radical (unpaired) electrons. The summed E-state index contributed by atoms with van der Waals surface area (Å²) in [5, 5.41) is 8.37. The molecule has 1 rings (SSSR count). The molecule has 0 heterocycles. The van der Waals surface area contributed by atoms with E-state index in [-0.39, 0.29) is 5.56 Å². The third-order valence-electron chi connectivity index (χ3n) is 1.41. The molecule has 0 aliphatic rings. The zero-order chi connectivity index (χ0) is 10.6. The lowest BCUT2D eigenvalue weighted by atomic mass is 10.2. The number of halogens is 1. The minimum Gasteiger partial charge on any atom is -0.478 e. The minimum atomic E-state index is -1.65. The van der Waals surface area contributed by atoms with Gasteiger partial charge in [-0.2, -0.15) is 0 Å². The molecular formula is C9H7ClO4. The van der Waals surface area contributed by atoms with E-state index in [0.717, 1.165) is 0 Å². The van der Waals surface area contributed by atoms with E-state index in [1.165, 1.54) is 12.1 Å². The number of hydrogen-bond acceptors (Lipinski definition) is 3. The zero-order valence-electron chi connectivity index (χ0n) is 7.01. The first-order valence-corrected chi connectivity index (χ1v) is 4.18. The average molecular weight is 215 g/mol. The normalized spacial score (nSPS) is 11.8. The number of ether oxygens (including phenoxy) is 1. The number of hydrogen-bond donors (Lipinski definition) is 1. The summed E-state index contributed by atoms with van der Waals surface area (Å²) in [5.74, 6) is -2.15. The van der Waals surface area contributed by atoms with Crippen LogP contribution in [0.1, 0.15) is 10.4 Å². The maximum Gasteiger partial charge on any atom is 0.361 e. The highest BCUT2D eigenvalue weighted by Crippen LogP contribution is 2.06. The van der Waals surface area contributed by atoms with E-state index in [0.29, 0.717) is 0 Å². The topological polar surface area (TPSA) is 63.6 Å². The summed E-state index contributed by atoms with van der Waals surface area (Å²) >= 11 is 5.22. The Bertz CT molecular complexity index is 336. The molecule has 0 amide bonds. The van der Waals surface area contributed by atoms with Crippen molar-refractivity contribution in [2.24, 2.45) is 0 Å². The van der Waals surface area contributed by atoms with E-state index in [1.54, 1.807) is 18.2 Å². The summed E-state index contributed by atoms with van der Waals surface area (Å²) in [6.07, 6.45) is 0. The van der Waals surface area contributed by atoms with Gasteiger partial charge in [-0.05, 0) is 12.1 Å². The second-order valence-electron chi connectivity index (χ2n) is 2.43. The lowest BCUT2D eigenvalue weighted by Crippen LogP contribution is -2.21. The van der Waals surface area contributed by atoms with Gasteiger partial charge in [-0.1, -0.05) is 29.8 Å². The number of carbonyl (C=O) groups is 2. The Kier molecular flexibility index (Phi) is 3.48. The third kappa shape index (κ3) is 2.74. The van der Waals surface area contributed by atoms with E-state index < -0.39 is 17.5 Å². The Hall–Kier alpha value is -1.55. The van der Waals surface area contributed by atoms with Gasteiger partial charge < -0.3 is 9.84 Å². The quantitative estimate of drug-likeness (QED) is 0.612. The zero-order valence-corrected chi connectivity index (χ0v) is 7.77.